The van der Waals surface area contributed by atoms with E-state index in [9.17, 15) is 17.2 Å². The molecule has 4 nitrogen and oxygen atoms in total. The van der Waals surface area contributed by atoms with Gasteiger partial charge in [-0.3, -0.25) is 0 Å². The fourth-order valence-corrected chi connectivity index (χ4v) is 2.20. The number of nitrogens with zero attached hydrogens (tertiary/aromatic N) is 1. The number of hydrogen-bond donors (Lipinski definition) is 0. The zero-order chi connectivity index (χ0) is 11.9. The number of benzene rings is 1. The highest BCUT2D eigenvalue weighted by atomic mass is 35.7. The van der Waals surface area contributed by atoms with Crippen LogP contribution in [-0.4, -0.2) is 13.4 Å². The van der Waals surface area contributed by atoms with Gasteiger partial charge in [0.1, 0.15) is 10.4 Å². The lowest BCUT2D eigenvalue weighted by molar-refractivity contribution is 0.117. The minimum Gasteiger partial charge on any atom is -0.434 e. The molecule has 0 atom stereocenters. The molecule has 0 fully saturated rings. The molecule has 0 aliphatic carbocycles. The first-order chi connectivity index (χ1) is 7.39. The van der Waals surface area contributed by atoms with Crippen LogP contribution in [0.4, 0.5) is 8.78 Å². The van der Waals surface area contributed by atoms with Crippen LogP contribution in [0, 0.1) is 0 Å². The van der Waals surface area contributed by atoms with Gasteiger partial charge in [0.05, 0.1) is 0 Å². The fraction of sp³-hybridized carbons (Fsp3) is 0.125. The molecule has 0 saturated carbocycles. The van der Waals surface area contributed by atoms with E-state index in [1.807, 2.05) is 0 Å². The molecule has 86 valence electrons. The number of rotatable bonds is 2. The van der Waals surface area contributed by atoms with Crippen LogP contribution in [0.3, 0.4) is 0 Å². The molecule has 0 bridgehead atoms. The molecule has 0 radical (unpaired) electrons. The van der Waals surface area contributed by atoms with Gasteiger partial charge in [-0.1, -0.05) is 6.07 Å². The van der Waals surface area contributed by atoms with Crippen LogP contribution in [0.15, 0.2) is 27.5 Å². The Morgan fingerprint density at radius 2 is 2.06 bits per heavy atom. The third-order valence-corrected chi connectivity index (χ3v) is 3.19. The Bertz CT molecular complexity index is 638. The van der Waals surface area contributed by atoms with Crippen molar-refractivity contribution in [2.45, 2.75) is 11.3 Å². The molecule has 2 rings (SSSR count). The van der Waals surface area contributed by atoms with Crippen molar-refractivity contribution in [2.75, 3.05) is 0 Å². The van der Waals surface area contributed by atoms with Crippen LogP contribution >= 0.6 is 10.7 Å². The SMILES string of the molecule is O=S(=O)(Cl)c1cccc2nc(C(F)F)oc12. The Morgan fingerprint density at radius 1 is 1.38 bits per heavy atom. The summed E-state index contributed by atoms with van der Waals surface area (Å²) in [5.41, 5.74) is -0.232. The number of para-hydroxylation sites is 1. The maximum absolute atomic E-state index is 12.3. The van der Waals surface area contributed by atoms with Gasteiger partial charge in [-0.25, -0.2) is 13.4 Å². The molecule has 0 N–H and O–H groups in total. The lowest BCUT2D eigenvalue weighted by Crippen LogP contribution is -1.90. The Hall–Kier alpha value is -1.21. The molecule has 0 spiro atoms. The fourth-order valence-electron chi connectivity index (χ4n) is 1.23. The van der Waals surface area contributed by atoms with Crippen molar-refractivity contribution in [3.8, 4) is 0 Å². The van der Waals surface area contributed by atoms with Crippen LogP contribution in [0.25, 0.3) is 11.1 Å². The Labute approximate surface area is 93.3 Å². The van der Waals surface area contributed by atoms with Gasteiger partial charge in [-0.15, -0.1) is 0 Å². The molecule has 0 aliphatic heterocycles. The van der Waals surface area contributed by atoms with Crippen molar-refractivity contribution in [3.63, 3.8) is 0 Å². The summed E-state index contributed by atoms with van der Waals surface area (Å²) in [6.07, 6.45) is -2.90. The topological polar surface area (TPSA) is 60.2 Å². The first kappa shape index (κ1) is 11.3. The number of alkyl halides is 2. The van der Waals surface area contributed by atoms with Gasteiger partial charge < -0.3 is 4.42 Å². The molecule has 0 unspecified atom stereocenters. The molecule has 0 amide bonds. The predicted octanol–water partition coefficient (Wildman–Crippen LogP) is 2.69. The molecule has 2 aromatic rings. The maximum Gasteiger partial charge on any atom is 0.313 e. The van der Waals surface area contributed by atoms with Crippen molar-refractivity contribution >= 4 is 30.8 Å². The standard InChI is InChI=1S/C8H4ClF2NO3S/c9-16(13,14)5-3-1-2-4-6(5)15-8(12-4)7(10)11/h1-3,7H. The van der Waals surface area contributed by atoms with E-state index < -0.39 is 21.4 Å². The van der Waals surface area contributed by atoms with Crippen molar-refractivity contribution < 1.29 is 21.6 Å². The summed E-state index contributed by atoms with van der Waals surface area (Å²) in [7, 11) is 1.08. The molecule has 1 heterocycles. The largest absolute Gasteiger partial charge is 0.434 e. The van der Waals surface area contributed by atoms with Gasteiger partial charge in [0.25, 0.3) is 14.9 Å². The van der Waals surface area contributed by atoms with Crippen LogP contribution in [0.1, 0.15) is 12.3 Å². The number of fused-ring (bicyclic) bond motifs is 1. The minimum atomic E-state index is -4.05. The van der Waals surface area contributed by atoms with Gasteiger partial charge in [-0.2, -0.15) is 8.78 Å². The van der Waals surface area contributed by atoms with Crippen molar-refractivity contribution in [1.82, 2.24) is 4.98 Å². The van der Waals surface area contributed by atoms with E-state index in [4.69, 9.17) is 10.7 Å². The summed E-state index contributed by atoms with van der Waals surface area (Å²) in [6.45, 7) is 0. The normalized spacial score (nSPS) is 12.5. The average molecular weight is 268 g/mol. The third-order valence-electron chi connectivity index (χ3n) is 1.84. The smallest absolute Gasteiger partial charge is 0.313 e. The number of halogens is 3. The van der Waals surface area contributed by atoms with Crippen molar-refractivity contribution in [3.05, 3.63) is 24.1 Å². The molecule has 8 heteroatoms. The minimum absolute atomic E-state index is 0.0250. The van der Waals surface area contributed by atoms with Gasteiger partial charge >= 0.3 is 6.43 Å². The highest BCUT2D eigenvalue weighted by molar-refractivity contribution is 8.13. The van der Waals surface area contributed by atoms with E-state index >= 15 is 0 Å². The summed E-state index contributed by atoms with van der Waals surface area (Å²) in [5.74, 6) is -0.831. The van der Waals surface area contributed by atoms with E-state index in [1.54, 1.807) is 0 Å². The second-order valence-corrected chi connectivity index (χ2v) is 5.43. The number of hydrogen-bond acceptors (Lipinski definition) is 4. The van der Waals surface area contributed by atoms with Gasteiger partial charge in [0, 0.05) is 10.7 Å². The van der Waals surface area contributed by atoms with E-state index in [2.05, 4.69) is 9.40 Å². The maximum atomic E-state index is 12.3. The second-order valence-electron chi connectivity index (χ2n) is 2.90. The molecular formula is C8H4ClF2NO3S. The van der Waals surface area contributed by atoms with Gasteiger partial charge in [0.15, 0.2) is 5.58 Å². The first-order valence-electron chi connectivity index (χ1n) is 4.02. The van der Waals surface area contributed by atoms with E-state index in [-0.39, 0.29) is 16.0 Å². The Morgan fingerprint density at radius 3 is 2.62 bits per heavy atom. The number of aromatic nitrogens is 1. The Balaban J connectivity index is 2.78. The summed E-state index contributed by atoms with van der Waals surface area (Å²) in [4.78, 5) is 3.08. The lowest BCUT2D eigenvalue weighted by Gasteiger charge is -1.94. The molecule has 1 aromatic carbocycles. The highest BCUT2D eigenvalue weighted by Crippen LogP contribution is 2.29. The quantitative estimate of drug-likeness (QED) is 0.785. The van der Waals surface area contributed by atoms with Crippen LogP contribution < -0.4 is 0 Å². The van der Waals surface area contributed by atoms with Crippen LogP contribution in [-0.2, 0) is 9.05 Å². The summed E-state index contributed by atoms with van der Waals surface area (Å²) in [5, 5.41) is 0. The predicted molar refractivity (Wildman–Crippen MR) is 52.0 cm³/mol. The summed E-state index contributed by atoms with van der Waals surface area (Å²) < 4.78 is 51.5. The number of oxazole rings is 1. The van der Waals surface area contributed by atoms with E-state index in [1.165, 1.54) is 12.1 Å². The highest BCUT2D eigenvalue weighted by Gasteiger charge is 2.22. The second kappa shape index (κ2) is 3.67. The molecule has 0 aliphatic rings. The summed E-state index contributed by atoms with van der Waals surface area (Å²) >= 11 is 0. The third kappa shape index (κ3) is 1.88. The van der Waals surface area contributed by atoms with Crippen molar-refractivity contribution in [2.24, 2.45) is 0 Å². The van der Waals surface area contributed by atoms with Gasteiger partial charge in [0.2, 0.25) is 0 Å². The van der Waals surface area contributed by atoms with Crippen LogP contribution in [0.2, 0.25) is 0 Å². The van der Waals surface area contributed by atoms with Crippen LogP contribution in [0.5, 0.6) is 0 Å². The van der Waals surface area contributed by atoms with Gasteiger partial charge in [-0.05, 0) is 12.1 Å². The molecule has 16 heavy (non-hydrogen) atoms. The van der Waals surface area contributed by atoms with E-state index in [0.29, 0.717) is 0 Å². The molecule has 0 saturated heterocycles. The van der Waals surface area contributed by atoms with E-state index in [0.717, 1.165) is 6.07 Å². The Kier molecular flexibility index (Phi) is 2.59. The zero-order valence-corrected chi connectivity index (χ0v) is 9.10. The summed E-state index contributed by atoms with van der Waals surface area (Å²) in [6, 6.07) is 3.86. The monoisotopic (exact) mass is 267 g/mol. The molecule has 1 aromatic heterocycles. The lowest BCUT2D eigenvalue weighted by atomic mass is 10.3. The zero-order valence-electron chi connectivity index (χ0n) is 7.52. The molecular weight excluding hydrogens is 264 g/mol. The average Bonchev–Trinajstić information content (AvgIpc) is 2.58. The first-order valence-corrected chi connectivity index (χ1v) is 6.33. The van der Waals surface area contributed by atoms with Crippen molar-refractivity contribution in [1.29, 1.82) is 0 Å².